The molecule has 78 valence electrons. The van der Waals surface area contributed by atoms with Crippen LogP contribution < -0.4 is 0 Å². The van der Waals surface area contributed by atoms with Crippen molar-refractivity contribution >= 4 is 11.6 Å². The Kier molecular flexibility index (Phi) is 2.15. The number of hydrogen-bond donors (Lipinski definition) is 1. The fourth-order valence-corrected chi connectivity index (χ4v) is 1.57. The first kappa shape index (κ1) is 9.64. The fraction of sp³-hybridized carbons (Fsp3) is 0.300. The molecular formula is C10H11N3O2. The second-order valence-electron chi connectivity index (χ2n) is 3.35. The van der Waals surface area contributed by atoms with Crippen LogP contribution in [-0.2, 0) is 6.42 Å². The maximum Gasteiger partial charge on any atom is 0.354 e. The molecule has 0 saturated carbocycles. The molecule has 0 bridgehead atoms. The molecule has 0 aliphatic rings. The van der Waals surface area contributed by atoms with Crippen LogP contribution in [0.2, 0.25) is 0 Å². The zero-order valence-electron chi connectivity index (χ0n) is 8.56. The van der Waals surface area contributed by atoms with E-state index in [1.807, 2.05) is 13.8 Å². The molecule has 0 saturated heterocycles. The first-order valence-electron chi connectivity index (χ1n) is 4.71. The van der Waals surface area contributed by atoms with Gasteiger partial charge in [0.05, 0.1) is 5.69 Å². The predicted molar refractivity (Wildman–Crippen MR) is 54.1 cm³/mol. The molecule has 0 spiro atoms. The van der Waals surface area contributed by atoms with Gasteiger partial charge in [-0.25, -0.2) is 14.3 Å². The zero-order chi connectivity index (χ0) is 11.0. The van der Waals surface area contributed by atoms with E-state index < -0.39 is 5.97 Å². The van der Waals surface area contributed by atoms with Crippen LogP contribution in [0.4, 0.5) is 0 Å². The monoisotopic (exact) mass is 205 g/mol. The summed E-state index contributed by atoms with van der Waals surface area (Å²) in [4.78, 5) is 15.3. The topological polar surface area (TPSA) is 67.5 Å². The van der Waals surface area contributed by atoms with Crippen molar-refractivity contribution in [3.8, 4) is 0 Å². The van der Waals surface area contributed by atoms with Gasteiger partial charge in [0.2, 0.25) is 0 Å². The van der Waals surface area contributed by atoms with Crippen LogP contribution in [0, 0.1) is 6.92 Å². The molecule has 2 aromatic heterocycles. The molecule has 0 aliphatic carbocycles. The van der Waals surface area contributed by atoms with Crippen LogP contribution >= 0.6 is 0 Å². The average Bonchev–Trinajstić information content (AvgIpc) is 2.55. The average molecular weight is 205 g/mol. The molecule has 0 fully saturated rings. The van der Waals surface area contributed by atoms with Crippen LogP contribution in [0.15, 0.2) is 12.3 Å². The summed E-state index contributed by atoms with van der Waals surface area (Å²) in [5.41, 5.74) is 2.23. The van der Waals surface area contributed by atoms with E-state index in [0.717, 1.165) is 5.69 Å². The predicted octanol–water partition coefficient (Wildman–Crippen LogP) is 1.30. The van der Waals surface area contributed by atoms with Crippen LogP contribution in [0.1, 0.15) is 28.7 Å². The maximum atomic E-state index is 11.1. The van der Waals surface area contributed by atoms with E-state index in [1.165, 1.54) is 4.52 Å². The molecule has 2 aromatic rings. The number of nitrogens with zero attached hydrogens (tertiary/aromatic N) is 3. The summed E-state index contributed by atoms with van der Waals surface area (Å²) in [7, 11) is 0. The van der Waals surface area contributed by atoms with Gasteiger partial charge in [0.25, 0.3) is 0 Å². The van der Waals surface area contributed by atoms with Gasteiger partial charge in [0, 0.05) is 17.8 Å². The molecule has 2 heterocycles. The highest BCUT2D eigenvalue weighted by Gasteiger charge is 2.15. The lowest BCUT2D eigenvalue weighted by Crippen LogP contribution is -2.11. The smallest absolute Gasteiger partial charge is 0.354 e. The van der Waals surface area contributed by atoms with E-state index >= 15 is 0 Å². The number of fused-ring (bicyclic) bond motifs is 1. The van der Waals surface area contributed by atoms with Gasteiger partial charge >= 0.3 is 5.97 Å². The summed E-state index contributed by atoms with van der Waals surface area (Å²) in [6.45, 7) is 3.71. The van der Waals surface area contributed by atoms with Crippen LogP contribution in [0.25, 0.3) is 5.65 Å². The van der Waals surface area contributed by atoms with Gasteiger partial charge in [-0.1, -0.05) is 6.92 Å². The number of carboxylic acids is 1. The standard InChI is InChI=1S/C10H11N3O2/c1-3-7-5-11-8-4-6(2)12-13(8)9(7)10(14)15/h4-5H,3H2,1-2H3,(H,14,15). The minimum Gasteiger partial charge on any atom is -0.476 e. The second-order valence-corrected chi connectivity index (χ2v) is 3.35. The van der Waals surface area contributed by atoms with Crippen molar-refractivity contribution in [1.82, 2.24) is 14.6 Å². The zero-order valence-corrected chi connectivity index (χ0v) is 8.56. The Bertz CT molecular complexity index is 531. The van der Waals surface area contributed by atoms with E-state index in [2.05, 4.69) is 10.1 Å². The molecule has 0 atom stereocenters. The van der Waals surface area contributed by atoms with E-state index in [1.54, 1.807) is 12.3 Å². The van der Waals surface area contributed by atoms with Crippen molar-refractivity contribution in [2.45, 2.75) is 20.3 Å². The first-order valence-corrected chi connectivity index (χ1v) is 4.71. The molecule has 0 aliphatic heterocycles. The minimum atomic E-state index is -0.970. The summed E-state index contributed by atoms with van der Waals surface area (Å²) in [6.07, 6.45) is 2.23. The van der Waals surface area contributed by atoms with Crippen LogP contribution in [-0.4, -0.2) is 25.7 Å². The van der Waals surface area contributed by atoms with E-state index in [-0.39, 0.29) is 5.69 Å². The number of carbonyl (C=O) groups is 1. The highest BCUT2D eigenvalue weighted by Crippen LogP contribution is 2.12. The van der Waals surface area contributed by atoms with E-state index in [0.29, 0.717) is 17.6 Å². The normalized spacial score (nSPS) is 10.8. The lowest BCUT2D eigenvalue weighted by atomic mass is 10.2. The van der Waals surface area contributed by atoms with Crippen molar-refractivity contribution in [3.63, 3.8) is 0 Å². The largest absolute Gasteiger partial charge is 0.476 e. The highest BCUT2D eigenvalue weighted by molar-refractivity contribution is 5.88. The van der Waals surface area contributed by atoms with Gasteiger partial charge in [0.1, 0.15) is 0 Å². The summed E-state index contributed by atoms with van der Waals surface area (Å²) in [5, 5.41) is 13.2. The SMILES string of the molecule is CCc1cnc2cc(C)nn2c1C(=O)O. The van der Waals surface area contributed by atoms with Gasteiger partial charge in [-0.05, 0) is 13.3 Å². The molecule has 15 heavy (non-hydrogen) atoms. The maximum absolute atomic E-state index is 11.1. The van der Waals surface area contributed by atoms with Gasteiger partial charge in [-0.3, -0.25) is 0 Å². The Morgan fingerprint density at radius 2 is 2.33 bits per heavy atom. The number of aromatic nitrogens is 3. The first-order chi connectivity index (χ1) is 7.13. The van der Waals surface area contributed by atoms with E-state index in [4.69, 9.17) is 5.11 Å². The fourth-order valence-electron chi connectivity index (χ4n) is 1.57. The number of hydrogen-bond acceptors (Lipinski definition) is 3. The summed E-state index contributed by atoms with van der Waals surface area (Å²) in [5.74, 6) is -0.970. The lowest BCUT2D eigenvalue weighted by Gasteiger charge is -2.04. The number of rotatable bonds is 2. The highest BCUT2D eigenvalue weighted by atomic mass is 16.4. The molecule has 5 nitrogen and oxygen atoms in total. The molecule has 0 amide bonds. The molecule has 5 heteroatoms. The molecule has 1 N–H and O–H groups in total. The van der Waals surface area contributed by atoms with Crippen LogP contribution in [0.3, 0.4) is 0 Å². The number of carboxylic acid groups (broad SMARTS) is 1. The Morgan fingerprint density at radius 3 is 2.93 bits per heavy atom. The molecule has 0 radical (unpaired) electrons. The van der Waals surface area contributed by atoms with Gasteiger partial charge < -0.3 is 5.11 Å². The molecule has 0 aromatic carbocycles. The third-order valence-electron chi connectivity index (χ3n) is 2.26. The quantitative estimate of drug-likeness (QED) is 0.802. The number of aryl methyl sites for hydroxylation is 2. The molecule has 2 rings (SSSR count). The Balaban J connectivity index is 2.83. The van der Waals surface area contributed by atoms with Crippen molar-refractivity contribution in [3.05, 3.63) is 29.2 Å². The third kappa shape index (κ3) is 1.45. The van der Waals surface area contributed by atoms with E-state index in [9.17, 15) is 4.79 Å². The van der Waals surface area contributed by atoms with Crippen molar-refractivity contribution < 1.29 is 9.90 Å². The summed E-state index contributed by atoms with van der Waals surface area (Å²) >= 11 is 0. The van der Waals surface area contributed by atoms with Crippen molar-refractivity contribution in [2.24, 2.45) is 0 Å². The van der Waals surface area contributed by atoms with Crippen LogP contribution in [0.5, 0.6) is 0 Å². The Morgan fingerprint density at radius 1 is 1.60 bits per heavy atom. The third-order valence-corrected chi connectivity index (χ3v) is 2.26. The van der Waals surface area contributed by atoms with Crippen molar-refractivity contribution in [1.29, 1.82) is 0 Å². The summed E-state index contributed by atoms with van der Waals surface area (Å²) in [6, 6.07) is 1.76. The second kappa shape index (κ2) is 3.34. The molecular weight excluding hydrogens is 194 g/mol. The van der Waals surface area contributed by atoms with Crippen molar-refractivity contribution in [2.75, 3.05) is 0 Å². The summed E-state index contributed by atoms with van der Waals surface area (Å²) < 4.78 is 1.39. The van der Waals surface area contributed by atoms with Gasteiger partial charge in [0.15, 0.2) is 11.3 Å². The minimum absolute atomic E-state index is 0.204. The molecule has 0 unspecified atom stereocenters. The Hall–Kier alpha value is -1.91. The number of aromatic carboxylic acids is 1. The lowest BCUT2D eigenvalue weighted by molar-refractivity contribution is 0.0686. The van der Waals surface area contributed by atoms with Gasteiger partial charge in [-0.2, -0.15) is 5.10 Å². The van der Waals surface area contributed by atoms with Gasteiger partial charge in [-0.15, -0.1) is 0 Å². The Labute approximate surface area is 86.4 Å².